The second-order valence-electron chi connectivity index (χ2n) is 3.89. The molecule has 1 aromatic rings. The maximum atomic E-state index is 12.3. The van der Waals surface area contributed by atoms with Gasteiger partial charge in [-0.15, -0.1) is 0 Å². The zero-order valence-electron chi connectivity index (χ0n) is 8.15. The summed E-state index contributed by atoms with van der Waals surface area (Å²) in [5, 5.41) is 17.7. The number of pyridine rings is 1. The predicted octanol–water partition coefficient (Wildman–Crippen LogP) is 1.43. The van der Waals surface area contributed by atoms with Gasteiger partial charge in [0.15, 0.2) is 0 Å². The molecule has 1 heterocycles. The Kier molecular flexibility index (Phi) is 2.67. The molecule has 0 aliphatic heterocycles. The summed E-state index contributed by atoms with van der Waals surface area (Å²) in [6, 6.07) is 2.44. The van der Waals surface area contributed by atoms with Crippen LogP contribution < -0.4 is 0 Å². The van der Waals surface area contributed by atoms with Crippen LogP contribution >= 0.6 is 0 Å². The van der Waals surface area contributed by atoms with E-state index in [-0.39, 0.29) is 11.7 Å². The standard InChI is InChI=1S/C9H9BF3NO2/c11-9(12,13)8-3-5(1-2-14-8)6-4-7(6)10(15)16/h1-3,6-7,15-16H,4H2. The smallest absolute Gasteiger partial charge is 0.427 e. The van der Waals surface area contributed by atoms with E-state index in [1.807, 2.05) is 0 Å². The third-order valence-corrected chi connectivity index (χ3v) is 2.73. The van der Waals surface area contributed by atoms with Gasteiger partial charge in [0.05, 0.1) is 0 Å². The van der Waals surface area contributed by atoms with Crippen molar-refractivity contribution in [3.8, 4) is 0 Å². The number of halogens is 3. The second-order valence-corrected chi connectivity index (χ2v) is 3.89. The molecule has 2 atom stereocenters. The van der Waals surface area contributed by atoms with E-state index in [0.29, 0.717) is 12.0 Å². The Balaban J connectivity index is 2.19. The van der Waals surface area contributed by atoms with Crippen LogP contribution in [0.1, 0.15) is 23.6 Å². The van der Waals surface area contributed by atoms with Crippen molar-refractivity contribution in [3.63, 3.8) is 0 Å². The molecule has 0 bridgehead atoms. The fourth-order valence-corrected chi connectivity index (χ4v) is 1.76. The van der Waals surface area contributed by atoms with Crippen molar-refractivity contribution >= 4 is 7.12 Å². The fourth-order valence-electron chi connectivity index (χ4n) is 1.76. The van der Waals surface area contributed by atoms with Crippen LogP contribution in [0.4, 0.5) is 13.2 Å². The molecule has 1 fully saturated rings. The van der Waals surface area contributed by atoms with E-state index in [2.05, 4.69) is 4.98 Å². The molecule has 0 saturated heterocycles. The fraction of sp³-hybridized carbons (Fsp3) is 0.444. The normalized spacial score (nSPS) is 24.3. The molecule has 86 valence electrons. The average molecular weight is 231 g/mol. The van der Waals surface area contributed by atoms with Crippen LogP contribution in [0.2, 0.25) is 5.82 Å². The van der Waals surface area contributed by atoms with Crippen molar-refractivity contribution in [3.05, 3.63) is 29.6 Å². The Bertz CT molecular complexity index is 397. The lowest BCUT2D eigenvalue weighted by Gasteiger charge is -2.07. The van der Waals surface area contributed by atoms with Crippen molar-refractivity contribution in [2.24, 2.45) is 0 Å². The van der Waals surface area contributed by atoms with Crippen LogP contribution in [-0.4, -0.2) is 22.2 Å². The predicted molar refractivity (Wildman–Crippen MR) is 50.5 cm³/mol. The largest absolute Gasteiger partial charge is 0.455 e. The van der Waals surface area contributed by atoms with Gasteiger partial charge in [-0.2, -0.15) is 13.2 Å². The van der Waals surface area contributed by atoms with E-state index < -0.39 is 19.0 Å². The summed E-state index contributed by atoms with van der Waals surface area (Å²) in [4.78, 5) is 3.24. The highest BCUT2D eigenvalue weighted by Gasteiger charge is 2.46. The number of aromatic nitrogens is 1. The van der Waals surface area contributed by atoms with Gasteiger partial charge >= 0.3 is 13.3 Å². The van der Waals surface area contributed by atoms with E-state index in [9.17, 15) is 13.2 Å². The first-order valence-electron chi connectivity index (χ1n) is 4.79. The number of rotatable bonds is 2. The SMILES string of the molecule is OB(O)C1CC1c1ccnc(C(F)(F)F)c1. The summed E-state index contributed by atoms with van der Waals surface area (Å²) >= 11 is 0. The molecule has 0 amide bonds. The lowest BCUT2D eigenvalue weighted by Crippen LogP contribution is -2.11. The van der Waals surface area contributed by atoms with Gasteiger partial charge in [-0.3, -0.25) is 4.98 Å². The van der Waals surface area contributed by atoms with Gasteiger partial charge in [0.2, 0.25) is 0 Å². The lowest BCUT2D eigenvalue weighted by atomic mass is 9.81. The second kappa shape index (κ2) is 3.74. The monoisotopic (exact) mass is 231 g/mol. The van der Waals surface area contributed by atoms with Gasteiger partial charge in [-0.05, 0) is 30.0 Å². The highest BCUT2D eigenvalue weighted by molar-refractivity contribution is 6.44. The number of hydrogen-bond acceptors (Lipinski definition) is 3. The molecule has 0 aromatic carbocycles. The van der Waals surface area contributed by atoms with E-state index in [1.54, 1.807) is 0 Å². The molecule has 16 heavy (non-hydrogen) atoms. The lowest BCUT2D eigenvalue weighted by molar-refractivity contribution is -0.141. The summed E-state index contributed by atoms with van der Waals surface area (Å²) in [6.07, 6.45) is -2.87. The molecule has 1 aromatic heterocycles. The highest BCUT2D eigenvalue weighted by Crippen LogP contribution is 2.53. The molecule has 1 saturated carbocycles. The van der Waals surface area contributed by atoms with Gasteiger partial charge in [0.25, 0.3) is 0 Å². The van der Waals surface area contributed by atoms with Gasteiger partial charge in [-0.25, -0.2) is 0 Å². The first kappa shape index (κ1) is 11.4. The molecule has 0 radical (unpaired) electrons. The van der Waals surface area contributed by atoms with Crippen molar-refractivity contribution in [2.45, 2.75) is 24.3 Å². The van der Waals surface area contributed by atoms with Gasteiger partial charge in [-0.1, -0.05) is 0 Å². The Morgan fingerprint density at radius 2 is 2.06 bits per heavy atom. The third-order valence-electron chi connectivity index (χ3n) is 2.73. The molecular formula is C9H9BF3NO2. The highest BCUT2D eigenvalue weighted by atomic mass is 19.4. The van der Waals surface area contributed by atoms with Crippen LogP contribution in [0.25, 0.3) is 0 Å². The number of alkyl halides is 3. The first-order valence-corrected chi connectivity index (χ1v) is 4.79. The quantitative estimate of drug-likeness (QED) is 0.757. The van der Waals surface area contributed by atoms with Crippen LogP contribution in [0.5, 0.6) is 0 Å². The van der Waals surface area contributed by atoms with Crippen LogP contribution in [0.15, 0.2) is 18.3 Å². The van der Waals surface area contributed by atoms with Gasteiger partial charge < -0.3 is 10.0 Å². The summed E-state index contributed by atoms with van der Waals surface area (Å²) in [5.41, 5.74) is -0.483. The van der Waals surface area contributed by atoms with Crippen molar-refractivity contribution in [2.75, 3.05) is 0 Å². The van der Waals surface area contributed by atoms with Crippen LogP contribution in [-0.2, 0) is 6.18 Å². The van der Waals surface area contributed by atoms with E-state index in [1.165, 1.54) is 6.07 Å². The number of hydrogen-bond donors (Lipinski definition) is 2. The topological polar surface area (TPSA) is 53.4 Å². The molecule has 2 rings (SSSR count). The number of nitrogens with zero attached hydrogens (tertiary/aromatic N) is 1. The minimum Gasteiger partial charge on any atom is -0.427 e. The Morgan fingerprint density at radius 3 is 2.56 bits per heavy atom. The molecule has 0 spiro atoms. The van der Waals surface area contributed by atoms with Crippen molar-refractivity contribution < 1.29 is 23.2 Å². The van der Waals surface area contributed by atoms with Crippen molar-refractivity contribution in [1.82, 2.24) is 4.98 Å². The zero-order chi connectivity index (χ0) is 11.9. The molecular weight excluding hydrogens is 222 g/mol. The minimum absolute atomic E-state index is 0.205. The maximum absolute atomic E-state index is 12.3. The van der Waals surface area contributed by atoms with E-state index >= 15 is 0 Å². The van der Waals surface area contributed by atoms with Crippen molar-refractivity contribution in [1.29, 1.82) is 0 Å². The summed E-state index contributed by atoms with van der Waals surface area (Å²) in [6.45, 7) is 0. The third kappa shape index (κ3) is 2.20. The average Bonchev–Trinajstić information content (AvgIpc) is 2.96. The summed E-state index contributed by atoms with van der Waals surface area (Å²) < 4.78 is 37.0. The van der Waals surface area contributed by atoms with Crippen LogP contribution in [0, 0.1) is 0 Å². The Labute approximate surface area is 90.1 Å². The summed E-state index contributed by atoms with van der Waals surface area (Å²) in [7, 11) is -1.47. The van der Waals surface area contributed by atoms with Gasteiger partial charge in [0, 0.05) is 12.0 Å². The van der Waals surface area contributed by atoms with E-state index in [4.69, 9.17) is 10.0 Å². The molecule has 2 unspecified atom stereocenters. The van der Waals surface area contributed by atoms with E-state index in [0.717, 1.165) is 12.3 Å². The Hall–Kier alpha value is -1.08. The zero-order valence-corrected chi connectivity index (χ0v) is 8.15. The Morgan fingerprint density at radius 1 is 1.38 bits per heavy atom. The molecule has 1 aliphatic rings. The minimum atomic E-state index is -4.46. The molecule has 2 N–H and O–H groups in total. The van der Waals surface area contributed by atoms with Gasteiger partial charge in [0.1, 0.15) is 5.69 Å². The molecule has 7 heteroatoms. The first-order chi connectivity index (χ1) is 7.39. The molecule has 3 nitrogen and oxygen atoms in total. The maximum Gasteiger partial charge on any atom is 0.455 e. The molecule has 1 aliphatic carbocycles. The summed E-state index contributed by atoms with van der Waals surface area (Å²) in [5.74, 6) is -0.562. The van der Waals surface area contributed by atoms with Crippen LogP contribution in [0.3, 0.4) is 0 Å².